The minimum absolute atomic E-state index is 0.482. The van der Waals surface area contributed by atoms with Gasteiger partial charge in [-0.3, -0.25) is 0 Å². The van der Waals surface area contributed by atoms with E-state index in [-0.39, 0.29) is 0 Å². The summed E-state index contributed by atoms with van der Waals surface area (Å²) >= 11 is 3.25. The van der Waals surface area contributed by atoms with Gasteiger partial charge in [0.25, 0.3) is 0 Å². The fourth-order valence-corrected chi connectivity index (χ4v) is 0.802. The van der Waals surface area contributed by atoms with Crippen LogP contribution < -0.4 is 0 Å². The third-order valence-corrected chi connectivity index (χ3v) is 1.35. The van der Waals surface area contributed by atoms with E-state index in [2.05, 4.69) is 21.1 Å². The second-order valence-corrected chi connectivity index (χ2v) is 2.61. The molecule has 0 spiro atoms. The first-order valence-corrected chi connectivity index (χ1v) is 4.93. The second-order valence-electron chi connectivity index (χ2n) is 1.96. The maximum absolute atomic E-state index is 5.04. The van der Waals surface area contributed by atoms with Crippen LogP contribution in [-0.4, -0.2) is 24.4 Å². The molecule has 4 heteroatoms. The lowest BCUT2D eigenvalue weighted by Crippen LogP contribution is -1.99. The molecule has 0 rings (SSSR count). The van der Waals surface area contributed by atoms with Crippen LogP contribution >= 0.6 is 15.9 Å². The molecule has 12 heavy (non-hydrogen) atoms. The first-order valence-electron chi connectivity index (χ1n) is 3.81. The van der Waals surface area contributed by atoms with Gasteiger partial charge in [0.1, 0.15) is 6.61 Å². The molecular weight excluding hydrogens is 222 g/mol. The van der Waals surface area contributed by atoms with Crippen LogP contribution in [0, 0.1) is 0 Å². The Balaban J connectivity index is 3.39. The lowest BCUT2D eigenvalue weighted by molar-refractivity contribution is 0.159. The smallest absolute Gasteiger partial charge is 0.222 e. The predicted octanol–water partition coefficient (Wildman–Crippen LogP) is 2.32. The molecule has 0 aliphatic carbocycles. The van der Waals surface area contributed by atoms with E-state index in [1.807, 2.05) is 19.1 Å². The van der Waals surface area contributed by atoms with Gasteiger partial charge in [-0.25, -0.2) is 0 Å². The van der Waals surface area contributed by atoms with Crippen LogP contribution in [0.4, 0.5) is 0 Å². The monoisotopic (exact) mass is 235 g/mol. The molecule has 0 aromatic rings. The summed E-state index contributed by atoms with van der Waals surface area (Å²) in [4.78, 5) is 4.91. The number of oxime groups is 1. The molecule has 0 aliphatic heterocycles. The topological polar surface area (TPSA) is 30.8 Å². The van der Waals surface area contributed by atoms with Crippen molar-refractivity contribution in [1.29, 1.82) is 0 Å². The van der Waals surface area contributed by atoms with Gasteiger partial charge in [-0.1, -0.05) is 27.2 Å². The minimum Gasteiger partial charge on any atom is -0.479 e. The van der Waals surface area contributed by atoms with Gasteiger partial charge in [-0.15, -0.1) is 0 Å². The SMILES string of the molecule is CCO/C(C)=N\OC/C=C/CBr. The Kier molecular flexibility index (Phi) is 8.22. The fraction of sp³-hybridized carbons (Fsp3) is 0.625. The quantitative estimate of drug-likeness (QED) is 0.183. The zero-order chi connectivity index (χ0) is 9.23. The normalized spacial score (nSPS) is 12.1. The highest BCUT2D eigenvalue weighted by Crippen LogP contribution is 1.86. The Morgan fingerprint density at radius 1 is 1.50 bits per heavy atom. The molecule has 0 aromatic heterocycles. The van der Waals surface area contributed by atoms with Crippen molar-refractivity contribution in [2.24, 2.45) is 5.16 Å². The number of halogens is 1. The second kappa shape index (κ2) is 8.59. The average Bonchev–Trinajstić information content (AvgIpc) is 2.05. The van der Waals surface area contributed by atoms with Crippen LogP contribution in [-0.2, 0) is 9.57 Å². The zero-order valence-electron chi connectivity index (χ0n) is 7.42. The highest BCUT2D eigenvalue weighted by Gasteiger charge is 1.86. The molecule has 70 valence electrons. The van der Waals surface area contributed by atoms with E-state index >= 15 is 0 Å². The van der Waals surface area contributed by atoms with Gasteiger partial charge in [0, 0.05) is 12.3 Å². The number of allylic oxidation sites excluding steroid dienone is 1. The molecule has 0 fully saturated rings. The summed E-state index contributed by atoms with van der Waals surface area (Å²) in [5.41, 5.74) is 0. The van der Waals surface area contributed by atoms with Crippen molar-refractivity contribution < 1.29 is 9.57 Å². The van der Waals surface area contributed by atoms with Crippen molar-refractivity contribution in [2.45, 2.75) is 13.8 Å². The van der Waals surface area contributed by atoms with Gasteiger partial charge >= 0.3 is 0 Å². The van der Waals surface area contributed by atoms with Gasteiger partial charge in [0.2, 0.25) is 5.90 Å². The summed E-state index contributed by atoms with van der Waals surface area (Å²) < 4.78 is 5.04. The molecule has 0 aliphatic rings. The number of ether oxygens (including phenoxy) is 1. The molecule has 0 bridgehead atoms. The summed E-state index contributed by atoms with van der Waals surface area (Å²) in [5.74, 6) is 0.560. The van der Waals surface area contributed by atoms with Gasteiger partial charge in [-0.05, 0) is 13.0 Å². The summed E-state index contributed by atoms with van der Waals surface area (Å²) in [7, 11) is 0. The first kappa shape index (κ1) is 11.5. The average molecular weight is 236 g/mol. The molecule has 0 aromatic carbocycles. The van der Waals surface area contributed by atoms with Gasteiger partial charge in [-0.2, -0.15) is 0 Å². The largest absolute Gasteiger partial charge is 0.479 e. The third kappa shape index (κ3) is 7.60. The molecule has 0 N–H and O–H groups in total. The predicted molar refractivity (Wildman–Crippen MR) is 53.6 cm³/mol. The standard InChI is InChI=1S/C8H14BrNO2/c1-3-11-8(2)10-12-7-5-4-6-9/h4-5H,3,6-7H2,1-2H3/b5-4+,10-8-. The van der Waals surface area contributed by atoms with Gasteiger partial charge in [0.15, 0.2) is 0 Å². The summed E-state index contributed by atoms with van der Waals surface area (Å²) in [5, 5.41) is 4.55. The van der Waals surface area contributed by atoms with Crippen molar-refractivity contribution in [3.8, 4) is 0 Å². The Bertz CT molecular complexity index is 157. The van der Waals surface area contributed by atoms with Crippen molar-refractivity contribution in [1.82, 2.24) is 0 Å². The van der Waals surface area contributed by atoms with Gasteiger partial charge in [0.05, 0.1) is 6.61 Å². The number of alkyl halides is 1. The maximum Gasteiger partial charge on any atom is 0.222 e. The van der Waals surface area contributed by atoms with E-state index in [1.165, 1.54) is 0 Å². The summed E-state index contributed by atoms with van der Waals surface area (Å²) in [6.45, 7) is 4.77. The minimum atomic E-state index is 0.482. The first-order chi connectivity index (χ1) is 5.81. The Morgan fingerprint density at radius 2 is 2.25 bits per heavy atom. The molecule has 3 nitrogen and oxygen atoms in total. The molecule has 0 saturated carbocycles. The molecule has 0 saturated heterocycles. The highest BCUT2D eigenvalue weighted by molar-refractivity contribution is 9.09. The molecule has 0 radical (unpaired) electrons. The molecule has 0 heterocycles. The number of rotatable bonds is 5. The van der Waals surface area contributed by atoms with Crippen LogP contribution in [0.15, 0.2) is 17.3 Å². The Morgan fingerprint density at radius 3 is 2.83 bits per heavy atom. The maximum atomic E-state index is 5.04. The van der Waals surface area contributed by atoms with Crippen LogP contribution in [0.3, 0.4) is 0 Å². The third-order valence-electron chi connectivity index (χ3n) is 0.973. The molecule has 0 amide bonds. The van der Waals surface area contributed by atoms with Gasteiger partial charge < -0.3 is 9.57 Å². The van der Waals surface area contributed by atoms with E-state index in [0.29, 0.717) is 19.1 Å². The van der Waals surface area contributed by atoms with Crippen molar-refractivity contribution >= 4 is 21.8 Å². The highest BCUT2D eigenvalue weighted by atomic mass is 79.9. The molecular formula is C8H14BrNO2. The van der Waals surface area contributed by atoms with Crippen molar-refractivity contribution in [2.75, 3.05) is 18.5 Å². The molecule has 0 atom stereocenters. The lowest BCUT2D eigenvalue weighted by Gasteiger charge is -1.99. The summed E-state index contributed by atoms with van der Waals surface area (Å²) in [6, 6.07) is 0. The number of hydrogen-bond acceptors (Lipinski definition) is 3. The van der Waals surface area contributed by atoms with Crippen molar-refractivity contribution in [3.63, 3.8) is 0 Å². The fourth-order valence-electron chi connectivity index (χ4n) is 0.537. The van der Waals surface area contributed by atoms with Crippen LogP contribution in [0.25, 0.3) is 0 Å². The van der Waals surface area contributed by atoms with Crippen LogP contribution in [0.5, 0.6) is 0 Å². The van der Waals surface area contributed by atoms with E-state index in [4.69, 9.17) is 9.57 Å². The summed E-state index contributed by atoms with van der Waals surface area (Å²) in [6.07, 6.45) is 3.84. The lowest BCUT2D eigenvalue weighted by atomic mass is 10.6. The van der Waals surface area contributed by atoms with Crippen LogP contribution in [0.1, 0.15) is 13.8 Å². The van der Waals surface area contributed by atoms with Crippen LogP contribution in [0.2, 0.25) is 0 Å². The Labute approximate surface area is 81.5 Å². The number of nitrogens with zero attached hydrogens (tertiary/aromatic N) is 1. The van der Waals surface area contributed by atoms with E-state index in [9.17, 15) is 0 Å². The zero-order valence-corrected chi connectivity index (χ0v) is 9.00. The van der Waals surface area contributed by atoms with E-state index in [1.54, 1.807) is 6.92 Å². The van der Waals surface area contributed by atoms with E-state index in [0.717, 1.165) is 5.33 Å². The molecule has 0 unspecified atom stereocenters. The Hall–Kier alpha value is -0.510. The number of hydrogen-bond donors (Lipinski definition) is 0. The van der Waals surface area contributed by atoms with E-state index < -0.39 is 0 Å². The van der Waals surface area contributed by atoms with Crippen molar-refractivity contribution in [3.05, 3.63) is 12.2 Å².